The van der Waals surface area contributed by atoms with Crippen LogP contribution in [0.2, 0.25) is 0 Å². The highest BCUT2D eigenvalue weighted by Gasteiger charge is 2.29. The smallest absolute Gasteiger partial charge is 0.310 e. The molecule has 0 spiro atoms. The van der Waals surface area contributed by atoms with E-state index in [9.17, 15) is 23.8 Å². The number of aliphatic hydroxyl groups is 5. The van der Waals surface area contributed by atoms with Crippen LogP contribution in [0.4, 0.5) is 13.2 Å². The van der Waals surface area contributed by atoms with Crippen LogP contribution in [0, 0.1) is 24.4 Å². The lowest BCUT2D eigenvalue weighted by atomic mass is 9.83. The summed E-state index contributed by atoms with van der Waals surface area (Å²) in [7, 11) is 20.0. The molecule has 1 atom stereocenters. The zero-order valence-corrected chi connectivity index (χ0v) is 29.0. The molecule has 1 aliphatic heterocycles. The van der Waals surface area contributed by atoms with Crippen LogP contribution in [-0.2, 0) is 9.53 Å². The van der Waals surface area contributed by atoms with Crippen molar-refractivity contribution in [3.8, 4) is 28.6 Å². The van der Waals surface area contributed by atoms with Crippen LogP contribution in [0.3, 0.4) is 0 Å². The number of nitrogens with zero attached hydrogens (tertiary/aromatic N) is 1. The fourth-order valence-corrected chi connectivity index (χ4v) is 6.02. The van der Waals surface area contributed by atoms with E-state index < -0.39 is 52.2 Å². The number of carbonyl (C=O) groups excluding carboxylic acids is 1. The number of aryl methyl sites for hydroxylation is 1. The lowest BCUT2D eigenvalue weighted by Crippen LogP contribution is -2.31. The number of imidazole rings is 1. The molecule has 0 saturated carbocycles. The van der Waals surface area contributed by atoms with Gasteiger partial charge in [0.2, 0.25) is 5.82 Å². The first-order valence-electron chi connectivity index (χ1n) is 15.4. The molecule has 3 aromatic carbocycles. The second-order valence-corrected chi connectivity index (χ2v) is 12.8. The Hall–Kier alpha value is -4.32. The molecule has 0 bridgehead atoms. The third kappa shape index (κ3) is 10.9. The molecule has 8 radical (unpaired) electrons. The molecule has 3 heterocycles. The van der Waals surface area contributed by atoms with E-state index in [0.717, 1.165) is 35.7 Å². The molecule has 6 rings (SSSR count). The summed E-state index contributed by atoms with van der Waals surface area (Å²) in [4.78, 5) is 20.2. The normalized spacial score (nSPS) is 14.0. The Kier molecular flexibility index (Phi) is 13.5. The molecule has 1 unspecified atom stereocenters. The van der Waals surface area contributed by atoms with Crippen LogP contribution in [0.25, 0.3) is 22.3 Å². The van der Waals surface area contributed by atoms with Gasteiger partial charge < -0.3 is 49.7 Å². The topological polar surface area (TPSA) is 190 Å². The monoisotopic (exact) mass is 745 g/mol. The molecule has 0 saturated heterocycles. The van der Waals surface area contributed by atoms with E-state index in [0.29, 0.717) is 13.0 Å². The van der Waals surface area contributed by atoms with Crippen molar-refractivity contribution in [3.05, 3.63) is 89.1 Å². The average Bonchev–Trinajstić information content (AvgIpc) is 3.76. The summed E-state index contributed by atoms with van der Waals surface area (Å²) in [5, 5.41) is 41.2. The molecule has 12 nitrogen and oxygen atoms in total. The fourth-order valence-electron chi connectivity index (χ4n) is 5.22. The van der Waals surface area contributed by atoms with Gasteiger partial charge in [0.15, 0.2) is 32.3 Å². The zero-order chi connectivity index (χ0) is 39.2. The zero-order valence-electron chi connectivity index (χ0n) is 28.1. The number of H-pyrrole nitrogens is 2. The van der Waals surface area contributed by atoms with E-state index in [1.807, 2.05) is 25.1 Å². The van der Waals surface area contributed by atoms with Crippen molar-refractivity contribution in [1.29, 1.82) is 0 Å². The van der Waals surface area contributed by atoms with Gasteiger partial charge in [-0.2, -0.15) is 4.39 Å². The van der Waals surface area contributed by atoms with Crippen molar-refractivity contribution in [1.82, 2.24) is 15.0 Å². The number of nitrogens with one attached hydrogen (secondary N) is 2. The maximum atomic E-state index is 15.2. The van der Waals surface area contributed by atoms with Crippen molar-refractivity contribution in [2.75, 3.05) is 13.7 Å². The molecule has 1 aliphatic rings. The molecule has 5 aromatic rings. The standard InChI is InChI=1S/C28H21BF3N3O4S.C4H7BO4.CH2B2O/c1-13-3-2-4-16-15(8-10-38-24(13)16)20-12-34-27(35-20)18-11-14(5-6-19(18)30)39-25-22(32)21(31)23-17(7-9-33-23)26(25)40-28(29,36)37;1-9-3(6)2-4(5,7)8;2-1(3)4/h2-7,9,11-12,15,33,36-37H,8,10H2,1H3,(H,34,35);7-8H,2H2,1H3;1,4H. The van der Waals surface area contributed by atoms with E-state index in [2.05, 4.69) is 43.2 Å². The maximum Gasteiger partial charge on any atom is 0.310 e. The van der Waals surface area contributed by atoms with Gasteiger partial charge in [-0.15, -0.1) is 0 Å². The van der Waals surface area contributed by atoms with Gasteiger partial charge in [0.25, 0.3) is 0 Å². The van der Waals surface area contributed by atoms with Crippen LogP contribution in [0.15, 0.2) is 59.8 Å². The molecular formula is C33H30B4F3N3O9S. The van der Waals surface area contributed by atoms with Gasteiger partial charge in [0.1, 0.15) is 28.8 Å². The van der Waals surface area contributed by atoms with Crippen LogP contribution in [-0.4, -0.2) is 108 Å². The minimum absolute atomic E-state index is 0.0365. The van der Waals surface area contributed by atoms with Crippen molar-refractivity contribution in [2.24, 2.45) is 0 Å². The summed E-state index contributed by atoms with van der Waals surface area (Å²) in [5.74, 6) is -4.85. The summed E-state index contributed by atoms with van der Waals surface area (Å²) >= 11 is 0.256. The Morgan fingerprint density at radius 1 is 1.11 bits per heavy atom. The Balaban J connectivity index is 0.000000415. The number of aliphatic hydroxyl groups excluding tert-OH is 1. The lowest BCUT2D eigenvalue weighted by Gasteiger charge is -2.26. The predicted octanol–water partition coefficient (Wildman–Crippen LogP) is 2.80. The quantitative estimate of drug-likeness (QED) is 0.0536. The first kappa shape index (κ1) is 41.4. The molecular weight excluding hydrogens is 715 g/mol. The van der Waals surface area contributed by atoms with E-state index in [1.165, 1.54) is 24.4 Å². The SMILES string of the molecule is [B]C(O)(O)CC(=O)OC.[B]C(O)(O)Sc1c(Oc2ccc(F)c(-c3ncc(C4CCOc5c(C)cccc54)[nH]3)c2)c(F)c(F)c2[nH]ccc12.[B]C([B])O. The number of aromatic amines is 2. The third-order valence-electron chi connectivity index (χ3n) is 7.35. The molecule has 0 amide bonds. The maximum absolute atomic E-state index is 15.2. The molecule has 7 N–H and O–H groups in total. The van der Waals surface area contributed by atoms with Crippen molar-refractivity contribution < 1.29 is 57.7 Å². The fraction of sp³-hybridized carbons (Fsp3) is 0.273. The van der Waals surface area contributed by atoms with Gasteiger partial charge in [0.05, 0.1) is 51.8 Å². The summed E-state index contributed by atoms with van der Waals surface area (Å²) in [6.45, 7) is 2.50. The Morgan fingerprint density at radius 2 is 1.81 bits per heavy atom. The van der Waals surface area contributed by atoms with E-state index in [1.54, 1.807) is 6.20 Å². The Bertz CT molecular complexity index is 2050. The predicted molar refractivity (Wildman–Crippen MR) is 191 cm³/mol. The number of fused-ring (bicyclic) bond motifs is 2. The van der Waals surface area contributed by atoms with Gasteiger partial charge in [-0.05, 0) is 49.1 Å². The van der Waals surface area contributed by atoms with E-state index in [4.69, 9.17) is 32.6 Å². The number of hydrogen-bond acceptors (Lipinski definition) is 11. The Morgan fingerprint density at radius 3 is 2.43 bits per heavy atom. The number of benzene rings is 3. The number of halogens is 3. The number of ether oxygens (including phenoxy) is 3. The summed E-state index contributed by atoms with van der Waals surface area (Å²) in [5.41, 5.74) is 0.176. The van der Waals surface area contributed by atoms with Crippen molar-refractivity contribution >= 4 is 60.0 Å². The highest BCUT2D eigenvalue weighted by atomic mass is 32.2. The average molecular weight is 745 g/mol. The number of carbonyl (C=O) groups is 1. The Labute approximate surface area is 310 Å². The van der Waals surface area contributed by atoms with Crippen molar-refractivity contribution in [3.63, 3.8) is 0 Å². The largest absolute Gasteiger partial charge is 0.493 e. The van der Waals surface area contributed by atoms with Crippen LogP contribution < -0.4 is 9.47 Å². The summed E-state index contributed by atoms with van der Waals surface area (Å²) < 4.78 is 60.6. The van der Waals surface area contributed by atoms with Gasteiger partial charge in [-0.3, -0.25) is 4.79 Å². The molecule has 53 heavy (non-hydrogen) atoms. The minimum Gasteiger partial charge on any atom is -0.493 e. The number of hydrogen-bond donors (Lipinski definition) is 7. The molecule has 0 aliphatic carbocycles. The van der Waals surface area contributed by atoms with Crippen molar-refractivity contribution in [2.45, 2.75) is 47.2 Å². The van der Waals surface area contributed by atoms with Gasteiger partial charge in [-0.1, -0.05) is 30.0 Å². The lowest BCUT2D eigenvalue weighted by molar-refractivity contribution is -0.155. The molecule has 0 fully saturated rings. The number of methoxy groups -OCH3 is 1. The van der Waals surface area contributed by atoms with E-state index >= 15 is 4.39 Å². The summed E-state index contributed by atoms with van der Waals surface area (Å²) in [6.07, 6.45) is 3.08. The number of esters is 1. The number of thioether (sulfide) groups is 1. The van der Waals surface area contributed by atoms with Crippen LogP contribution >= 0.6 is 11.8 Å². The van der Waals surface area contributed by atoms with Crippen LogP contribution in [0.5, 0.6) is 17.2 Å². The highest BCUT2D eigenvalue weighted by Crippen LogP contribution is 2.45. The highest BCUT2D eigenvalue weighted by molar-refractivity contribution is 8.01. The van der Waals surface area contributed by atoms with Gasteiger partial charge >= 0.3 is 5.97 Å². The number of rotatable bonds is 8. The number of aromatic nitrogens is 3. The summed E-state index contributed by atoms with van der Waals surface area (Å²) in [6, 6.07) is 11.0. The molecule has 270 valence electrons. The second kappa shape index (κ2) is 17.2. The van der Waals surface area contributed by atoms with Gasteiger partial charge in [-0.25, -0.2) is 13.8 Å². The van der Waals surface area contributed by atoms with E-state index in [-0.39, 0.29) is 50.6 Å². The van der Waals surface area contributed by atoms with Gasteiger partial charge in [0, 0.05) is 35.0 Å². The minimum atomic E-state index is -2.81. The van der Waals surface area contributed by atoms with Crippen LogP contribution in [0.1, 0.15) is 35.6 Å². The molecule has 2 aromatic heterocycles. The third-order valence-corrected chi connectivity index (χ3v) is 8.26. The second-order valence-electron chi connectivity index (χ2n) is 11.5. The molecule has 20 heteroatoms. The first-order chi connectivity index (χ1) is 24.8. The number of para-hydroxylation sites is 1. The first-order valence-corrected chi connectivity index (χ1v) is 16.3.